The highest BCUT2D eigenvalue weighted by atomic mass is 35.5. The van der Waals surface area contributed by atoms with Gasteiger partial charge in [-0.2, -0.15) is 0 Å². The monoisotopic (exact) mass is 399 g/mol. The van der Waals surface area contributed by atoms with Crippen LogP contribution in [0.15, 0.2) is 59.1 Å². The standard InChI is InChI=1S/C21H22ClN3O3/c1-21(2,3)18-12-19(25-28-18)24-20(26)23-15-8-10-16(11-9-15)27-13-14-6-4-5-7-17(14)22/h4-12H,13H2,1-3H3,(H2,23,24,25,26). The van der Waals surface area contributed by atoms with Crippen molar-refractivity contribution in [3.63, 3.8) is 0 Å². The molecule has 6 nitrogen and oxygen atoms in total. The molecule has 28 heavy (non-hydrogen) atoms. The van der Waals surface area contributed by atoms with E-state index in [1.807, 2.05) is 45.0 Å². The van der Waals surface area contributed by atoms with E-state index in [0.717, 1.165) is 5.56 Å². The maximum atomic E-state index is 12.1. The third-order valence-electron chi connectivity index (χ3n) is 3.96. The van der Waals surface area contributed by atoms with Gasteiger partial charge in [-0.1, -0.05) is 55.7 Å². The first-order valence-corrected chi connectivity index (χ1v) is 9.20. The quantitative estimate of drug-likeness (QED) is 0.564. The van der Waals surface area contributed by atoms with Crippen LogP contribution in [0.2, 0.25) is 5.02 Å². The van der Waals surface area contributed by atoms with E-state index in [9.17, 15) is 4.79 Å². The number of nitrogens with zero attached hydrogens (tertiary/aromatic N) is 1. The predicted octanol–water partition coefficient (Wildman–Crippen LogP) is 5.85. The molecule has 0 bridgehead atoms. The van der Waals surface area contributed by atoms with Gasteiger partial charge in [-0.15, -0.1) is 0 Å². The number of hydrogen-bond acceptors (Lipinski definition) is 4. The number of carbonyl (C=O) groups excluding carboxylic acids is 1. The van der Waals surface area contributed by atoms with Crippen LogP contribution in [0.4, 0.5) is 16.3 Å². The van der Waals surface area contributed by atoms with E-state index >= 15 is 0 Å². The molecule has 0 spiro atoms. The zero-order valence-corrected chi connectivity index (χ0v) is 16.7. The van der Waals surface area contributed by atoms with Gasteiger partial charge in [0.2, 0.25) is 0 Å². The Balaban J connectivity index is 1.53. The Hall–Kier alpha value is -2.99. The van der Waals surface area contributed by atoms with Crippen molar-refractivity contribution < 1.29 is 14.1 Å². The number of ether oxygens (including phenoxy) is 1. The molecule has 1 aromatic heterocycles. The van der Waals surface area contributed by atoms with Crippen LogP contribution in [0, 0.1) is 0 Å². The van der Waals surface area contributed by atoms with Gasteiger partial charge in [0.1, 0.15) is 18.1 Å². The molecular formula is C21H22ClN3O3. The Kier molecular flexibility index (Phi) is 5.90. The minimum absolute atomic E-state index is 0.177. The number of nitrogens with one attached hydrogen (secondary N) is 2. The SMILES string of the molecule is CC(C)(C)c1cc(NC(=O)Nc2ccc(OCc3ccccc3Cl)cc2)no1. The molecule has 146 valence electrons. The number of benzene rings is 2. The zero-order valence-electron chi connectivity index (χ0n) is 16.0. The van der Waals surface area contributed by atoms with Crippen LogP contribution in [0.1, 0.15) is 32.1 Å². The highest BCUT2D eigenvalue weighted by molar-refractivity contribution is 6.31. The summed E-state index contributed by atoms with van der Waals surface area (Å²) in [5, 5.41) is 9.92. The minimum Gasteiger partial charge on any atom is -0.489 e. The Morgan fingerprint density at radius 3 is 2.46 bits per heavy atom. The molecule has 0 aliphatic heterocycles. The van der Waals surface area contributed by atoms with E-state index in [2.05, 4.69) is 15.8 Å². The van der Waals surface area contributed by atoms with E-state index in [1.165, 1.54) is 0 Å². The lowest BCUT2D eigenvalue weighted by molar-refractivity contribution is 0.262. The first kappa shape index (κ1) is 19.8. The number of rotatable bonds is 5. The third-order valence-corrected chi connectivity index (χ3v) is 4.32. The number of hydrogen-bond donors (Lipinski definition) is 2. The fraction of sp³-hybridized carbons (Fsp3) is 0.238. The van der Waals surface area contributed by atoms with Gasteiger partial charge in [-0.25, -0.2) is 4.79 Å². The van der Waals surface area contributed by atoms with Crippen LogP contribution in [-0.2, 0) is 12.0 Å². The summed E-state index contributed by atoms with van der Waals surface area (Å²) in [5.74, 6) is 1.74. The maximum absolute atomic E-state index is 12.1. The lowest BCUT2D eigenvalue weighted by Gasteiger charge is -2.12. The molecular weight excluding hydrogens is 378 g/mol. The van der Waals surface area contributed by atoms with Crippen LogP contribution < -0.4 is 15.4 Å². The number of carbonyl (C=O) groups is 1. The molecule has 0 aliphatic rings. The second-order valence-electron chi connectivity index (χ2n) is 7.31. The predicted molar refractivity (Wildman–Crippen MR) is 110 cm³/mol. The molecule has 2 N–H and O–H groups in total. The van der Waals surface area contributed by atoms with Crippen molar-refractivity contribution in [2.45, 2.75) is 32.8 Å². The molecule has 0 unspecified atom stereocenters. The van der Waals surface area contributed by atoms with Crippen molar-refractivity contribution in [3.05, 3.63) is 70.9 Å². The Morgan fingerprint density at radius 1 is 1.11 bits per heavy atom. The van der Waals surface area contributed by atoms with Crippen LogP contribution in [-0.4, -0.2) is 11.2 Å². The van der Waals surface area contributed by atoms with Gasteiger partial charge in [0, 0.05) is 27.8 Å². The van der Waals surface area contributed by atoms with Crippen LogP contribution >= 0.6 is 11.6 Å². The Bertz CT molecular complexity index is 946. The topological polar surface area (TPSA) is 76.4 Å². The van der Waals surface area contributed by atoms with Gasteiger partial charge in [-0.3, -0.25) is 5.32 Å². The Morgan fingerprint density at radius 2 is 1.82 bits per heavy atom. The van der Waals surface area contributed by atoms with Gasteiger partial charge >= 0.3 is 6.03 Å². The van der Waals surface area contributed by atoms with Crippen molar-refractivity contribution in [3.8, 4) is 5.75 Å². The highest BCUT2D eigenvalue weighted by Gasteiger charge is 2.20. The molecule has 2 aromatic carbocycles. The summed E-state index contributed by atoms with van der Waals surface area (Å²) in [6.45, 7) is 6.39. The number of amides is 2. The summed E-state index contributed by atoms with van der Waals surface area (Å²) in [7, 11) is 0. The first-order chi connectivity index (χ1) is 13.3. The minimum atomic E-state index is -0.404. The maximum Gasteiger partial charge on any atom is 0.324 e. The van der Waals surface area contributed by atoms with Gasteiger partial charge in [0.15, 0.2) is 5.82 Å². The molecule has 0 fully saturated rings. The molecule has 2 amide bonds. The molecule has 0 saturated heterocycles. The van der Waals surface area contributed by atoms with Crippen LogP contribution in [0.5, 0.6) is 5.75 Å². The molecule has 0 atom stereocenters. The lowest BCUT2D eigenvalue weighted by Crippen LogP contribution is -2.19. The molecule has 3 aromatic rings. The van der Waals surface area contributed by atoms with Crippen LogP contribution in [0.25, 0.3) is 0 Å². The first-order valence-electron chi connectivity index (χ1n) is 8.83. The molecule has 3 rings (SSSR count). The largest absolute Gasteiger partial charge is 0.489 e. The lowest BCUT2D eigenvalue weighted by atomic mass is 9.93. The summed E-state index contributed by atoms with van der Waals surface area (Å²) in [6, 6.07) is 15.9. The van der Waals surface area contributed by atoms with Crippen LogP contribution in [0.3, 0.4) is 0 Å². The zero-order chi connectivity index (χ0) is 20.1. The average Bonchev–Trinajstić information content (AvgIpc) is 3.11. The van der Waals surface area contributed by atoms with E-state index in [0.29, 0.717) is 34.6 Å². The van der Waals surface area contributed by atoms with Crippen molar-refractivity contribution in [2.75, 3.05) is 10.6 Å². The van der Waals surface area contributed by atoms with Gasteiger partial charge < -0.3 is 14.6 Å². The van der Waals surface area contributed by atoms with Crippen molar-refractivity contribution >= 4 is 29.1 Å². The van der Waals surface area contributed by atoms with Crippen molar-refractivity contribution in [1.82, 2.24) is 5.16 Å². The molecule has 7 heteroatoms. The molecule has 1 heterocycles. The summed E-state index contributed by atoms with van der Waals surface area (Å²) in [5.41, 5.74) is 1.36. The van der Waals surface area contributed by atoms with E-state index < -0.39 is 6.03 Å². The number of anilines is 2. The van der Waals surface area contributed by atoms with E-state index in [1.54, 1.807) is 30.3 Å². The highest BCUT2D eigenvalue weighted by Crippen LogP contribution is 2.24. The molecule has 0 radical (unpaired) electrons. The fourth-order valence-corrected chi connectivity index (χ4v) is 2.57. The second kappa shape index (κ2) is 8.35. The summed E-state index contributed by atoms with van der Waals surface area (Å²) >= 11 is 6.12. The Labute approximate surface area is 168 Å². The van der Waals surface area contributed by atoms with Gasteiger partial charge in [0.25, 0.3) is 0 Å². The van der Waals surface area contributed by atoms with Crippen molar-refractivity contribution in [2.24, 2.45) is 0 Å². The average molecular weight is 400 g/mol. The summed E-state index contributed by atoms with van der Waals surface area (Å²) in [4.78, 5) is 12.1. The third kappa shape index (κ3) is 5.27. The van der Waals surface area contributed by atoms with E-state index in [-0.39, 0.29) is 5.41 Å². The number of urea groups is 1. The number of aromatic nitrogens is 1. The fourth-order valence-electron chi connectivity index (χ4n) is 2.38. The summed E-state index contributed by atoms with van der Waals surface area (Å²) < 4.78 is 11.0. The molecule has 0 aliphatic carbocycles. The van der Waals surface area contributed by atoms with Crippen molar-refractivity contribution in [1.29, 1.82) is 0 Å². The summed E-state index contributed by atoms with van der Waals surface area (Å²) in [6.07, 6.45) is 0. The number of halogens is 1. The van der Waals surface area contributed by atoms with E-state index in [4.69, 9.17) is 20.9 Å². The smallest absolute Gasteiger partial charge is 0.324 e. The van der Waals surface area contributed by atoms with Gasteiger partial charge in [-0.05, 0) is 30.3 Å². The molecule has 0 saturated carbocycles. The normalized spacial score (nSPS) is 11.1. The second-order valence-corrected chi connectivity index (χ2v) is 7.72. The van der Waals surface area contributed by atoms with Gasteiger partial charge in [0.05, 0.1) is 0 Å².